The zero-order valence-electron chi connectivity index (χ0n) is 15.0. The molecule has 1 unspecified atom stereocenters. The predicted octanol–water partition coefficient (Wildman–Crippen LogP) is 5.14. The van der Waals surface area contributed by atoms with E-state index < -0.39 is 11.0 Å². The molecule has 27 heavy (non-hydrogen) atoms. The van der Waals surface area contributed by atoms with Crippen molar-refractivity contribution in [1.29, 1.82) is 0 Å². The van der Waals surface area contributed by atoms with Crippen molar-refractivity contribution >= 4 is 28.7 Å². The third kappa shape index (κ3) is 3.40. The van der Waals surface area contributed by atoms with Gasteiger partial charge in [0, 0.05) is 24.1 Å². The first-order valence-corrected chi connectivity index (χ1v) is 9.56. The second-order valence-corrected chi connectivity index (χ2v) is 7.45. The zero-order chi connectivity index (χ0) is 18.9. The molecule has 0 spiro atoms. The molecule has 1 aliphatic rings. The number of carbonyl (C=O) groups excluding carboxylic acids is 1. The van der Waals surface area contributed by atoms with Crippen molar-refractivity contribution in [3.05, 3.63) is 65.7 Å². The second-order valence-electron chi connectivity index (χ2n) is 6.16. The summed E-state index contributed by atoms with van der Waals surface area (Å²) < 4.78 is 17.4. The van der Waals surface area contributed by atoms with Crippen molar-refractivity contribution in [2.45, 2.75) is 18.9 Å². The first kappa shape index (κ1) is 17.5. The lowest BCUT2D eigenvalue weighted by molar-refractivity contribution is 0.0529. The molecule has 0 radical (unpaired) electrons. The number of carbonyl (C=O) groups is 1. The Morgan fingerprint density at radius 3 is 2.74 bits per heavy atom. The summed E-state index contributed by atoms with van der Waals surface area (Å²) in [4.78, 5) is 12.7. The molecular weight excluding hydrogens is 362 g/mol. The van der Waals surface area contributed by atoms with Gasteiger partial charge in [0.25, 0.3) is 0 Å². The molecule has 0 aliphatic carbocycles. The van der Waals surface area contributed by atoms with Crippen LogP contribution < -0.4 is 10.1 Å². The number of thioether (sulfide) groups is 1. The van der Waals surface area contributed by atoms with Crippen LogP contribution in [-0.2, 0) is 4.74 Å². The van der Waals surface area contributed by atoms with Crippen molar-refractivity contribution in [1.82, 2.24) is 5.32 Å². The highest BCUT2D eigenvalue weighted by molar-refractivity contribution is 8.03. The molecule has 6 heteroatoms. The van der Waals surface area contributed by atoms with E-state index in [9.17, 15) is 4.79 Å². The molecule has 1 aromatic heterocycles. The Morgan fingerprint density at radius 2 is 2.04 bits per heavy atom. The number of furan rings is 1. The zero-order valence-corrected chi connectivity index (χ0v) is 15.8. The molecule has 0 fully saturated rings. The summed E-state index contributed by atoms with van der Waals surface area (Å²) in [6.07, 6.45) is 1.85. The van der Waals surface area contributed by atoms with Gasteiger partial charge in [0.1, 0.15) is 22.7 Å². The van der Waals surface area contributed by atoms with Gasteiger partial charge in [-0.2, -0.15) is 0 Å². The number of nitrogens with one attached hydrogen (secondary N) is 1. The lowest BCUT2D eigenvalue weighted by atomic mass is 10.1. The third-order valence-corrected chi connectivity index (χ3v) is 5.12. The average molecular weight is 381 g/mol. The van der Waals surface area contributed by atoms with Crippen LogP contribution in [0.3, 0.4) is 0 Å². The fourth-order valence-electron chi connectivity index (χ4n) is 3.00. The summed E-state index contributed by atoms with van der Waals surface area (Å²) in [5.74, 6) is 0.732. The summed E-state index contributed by atoms with van der Waals surface area (Å²) >= 11 is 1.54. The van der Waals surface area contributed by atoms with Crippen LogP contribution >= 0.6 is 11.8 Å². The Hall–Kier alpha value is -2.86. The van der Waals surface area contributed by atoms with Gasteiger partial charge in [0.05, 0.1) is 6.61 Å². The van der Waals surface area contributed by atoms with Crippen molar-refractivity contribution in [3.63, 3.8) is 0 Å². The van der Waals surface area contributed by atoms with Gasteiger partial charge in [-0.05, 0) is 30.5 Å². The molecule has 2 aromatic carbocycles. The van der Waals surface area contributed by atoms with Gasteiger partial charge < -0.3 is 19.2 Å². The number of ether oxygens (including phenoxy) is 2. The van der Waals surface area contributed by atoms with E-state index in [-0.39, 0.29) is 0 Å². The molecule has 0 saturated carbocycles. The van der Waals surface area contributed by atoms with Gasteiger partial charge in [0.2, 0.25) is 5.06 Å². The fourth-order valence-corrected chi connectivity index (χ4v) is 3.68. The lowest BCUT2D eigenvalue weighted by Crippen LogP contribution is -2.38. The van der Waals surface area contributed by atoms with Crippen molar-refractivity contribution < 1.29 is 18.7 Å². The van der Waals surface area contributed by atoms with E-state index in [4.69, 9.17) is 13.9 Å². The first-order valence-electron chi connectivity index (χ1n) is 8.68. The monoisotopic (exact) mass is 381 g/mol. The van der Waals surface area contributed by atoms with E-state index >= 15 is 0 Å². The van der Waals surface area contributed by atoms with E-state index in [1.807, 2.05) is 67.1 Å². The highest BCUT2D eigenvalue weighted by atomic mass is 32.2. The minimum atomic E-state index is -0.580. The van der Waals surface area contributed by atoms with Crippen molar-refractivity contribution in [3.8, 4) is 17.1 Å². The quantitative estimate of drug-likeness (QED) is 0.618. The van der Waals surface area contributed by atoms with Gasteiger partial charge in [-0.1, -0.05) is 42.1 Å². The van der Waals surface area contributed by atoms with E-state index in [1.54, 1.807) is 6.92 Å². The maximum atomic E-state index is 12.7. The average Bonchev–Trinajstić information content (AvgIpc) is 3.26. The molecule has 138 valence electrons. The minimum Gasteiger partial charge on any atom is -0.462 e. The Balaban J connectivity index is 1.81. The fraction of sp³-hybridized carbons (Fsp3) is 0.190. The first-order chi connectivity index (χ1) is 13.1. The van der Waals surface area contributed by atoms with Crippen LogP contribution in [0.25, 0.3) is 22.3 Å². The molecule has 0 saturated heterocycles. The van der Waals surface area contributed by atoms with Crippen molar-refractivity contribution in [2.24, 2.45) is 0 Å². The Kier molecular flexibility index (Phi) is 4.58. The molecule has 1 N–H and O–H groups in total. The SMILES string of the molecule is CCOC(=O)c1c(-c2ccccc2)oc2ccc(OC3(C)NC=CS3)cc12. The molecule has 2 heterocycles. The van der Waals surface area contributed by atoms with Crippen LogP contribution in [0.1, 0.15) is 24.2 Å². The highest BCUT2D eigenvalue weighted by Gasteiger charge is 2.29. The maximum Gasteiger partial charge on any atom is 0.342 e. The molecule has 0 bridgehead atoms. The molecule has 5 nitrogen and oxygen atoms in total. The number of hydrogen-bond donors (Lipinski definition) is 1. The van der Waals surface area contributed by atoms with Gasteiger partial charge in [-0.3, -0.25) is 0 Å². The summed E-state index contributed by atoms with van der Waals surface area (Å²) in [5, 5.41) is 5.19. The topological polar surface area (TPSA) is 60.7 Å². The van der Waals surface area contributed by atoms with E-state index in [0.29, 0.717) is 34.6 Å². The van der Waals surface area contributed by atoms with E-state index in [0.717, 1.165) is 5.56 Å². The van der Waals surface area contributed by atoms with Gasteiger partial charge >= 0.3 is 5.97 Å². The van der Waals surface area contributed by atoms with E-state index in [1.165, 1.54) is 11.8 Å². The van der Waals surface area contributed by atoms with Crippen LogP contribution in [-0.4, -0.2) is 17.6 Å². The van der Waals surface area contributed by atoms with Crippen LogP contribution in [0.5, 0.6) is 5.75 Å². The van der Waals surface area contributed by atoms with Crippen LogP contribution in [0.4, 0.5) is 0 Å². The number of hydrogen-bond acceptors (Lipinski definition) is 6. The van der Waals surface area contributed by atoms with Gasteiger partial charge in [-0.15, -0.1) is 0 Å². The number of benzene rings is 2. The number of rotatable bonds is 5. The second kappa shape index (κ2) is 7.04. The molecule has 1 atom stereocenters. The summed E-state index contributed by atoms with van der Waals surface area (Å²) in [7, 11) is 0. The molecule has 0 amide bonds. The van der Waals surface area contributed by atoms with Gasteiger partial charge in [-0.25, -0.2) is 4.79 Å². The Labute approximate surface area is 161 Å². The number of fused-ring (bicyclic) bond motifs is 1. The minimum absolute atomic E-state index is 0.292. The number of esters is 1. The summed E-state index contributed by atoms with van der Waals surface area (Å²) in [6.45, 7) is 4.02. The summed E-state index contributed by atoms with van der Waals surface area (Å²) in [6, 6.07) is 15.0. The predicted molar refractivity (Wildman–Crippen MR) is 107 cm³/mol. The molecule has 1 aliphatic heterocycles. The summed E-state index contributed by atoms with van der Waals surface area (Å²) in [5.41, 5.74) is 1.85. The van der Waals surface area contributed by atoms with E-state index in [2.05, 4.69) is 5.32 Å². The highest BCUT2D eigenvalue weighted by Crippen LogP contribution is 2.38. The maximum absolute atomic E-state index is 12.7. The lowest BCUT2D eigenvalue weighted by Gasteiger charge is -2.25. The van der Waals surface area contributed by atoms with Crippen LogP contribution in [0.2, 0.25) is 0 Å². The third-order valence-electron chi connectivity index (χ3n) is 4.19. The Bertz CT molecular complexity index is 1000. The van der Waals surface area contributed by atoms with Crippen LogP contribution in [0.15, 0.2) is 64.6 Å². The normalized spacial score (nSPS) is 18.4. The standard InChI is InChI=1S/C21H19NO4S/c1-3-24-20(23)18-16-13-15(26-21(2)22-11-12-27-21)9-10-17(16)25-19(18)14-7-5-4-6-8-14/h4-13,22H,3H2,1-2H3. The molecule has 4 rings (SSSR count). The molecular formula is C21H19NO4S. The molecule has 3 aromatic rings. The smallest absolute Gasteiger partial charge is 0.342 e. The largest absolute Gasteiger partial charge is 0.462 e. The Morgan fingerprint density at radius 1 is 1.22 bits per heavy atom. The van der Waals surface area contributed by atoms with Gasteiger partial charge in [0.15, 0.2) is 0 Å². The van der Waals surface area contributed by atoms with Crippen LogP contribution in [0, 0.1) is 0 Å². The van der Waals surface area contributed by atoms with Crippen molar-refractivity contribution in [2.75, 3.05) is 6.61 Å².